The number of halogens is 1. The van der Waals surface area contributed by atoms with Gasteiger partial charge in [0, 0.05) is 11.5 Å². The summed E-state index contributed by atoms with van der Waals surface area (Å²) < 4.78 is 0. The van der Waals surface area contributed by atoms with Crippen molar-refractivity contribution >= 4 is 17.5 Å². The van der Waals surface area contributed by atoms with Gasteiger partial charge in [-0.3, -0.25) is 4.79 Å². The average molecular weight is 160 g/mol. The van der Waals surface area contributed by atoms with Crippen molar-refractivity contribution in [2.24, 2.45) is 5.73 Å². The molecule has 0 saturated carbocycles. The van der Waals surface area contributed by atoms with Crippen LogP contribution in [0.1, 0.15) is 25.7 Å². The molecule has 0 radical (unpaired) electrons. The fourth-order valence-electron chi connectivity index (χ4n) is 1.16. The highest BCUT2D eigenvalue weighted by Crippen LogP contribution is 2.30. The summed E-state index contributed by atoms with van der Waals surface area (Å²) in [7, 11) is 0. The van der Waals surface area contributed by atoms with Crippen LogP contribution in [0, 0.1) is 0 Å². The lowest BCUT2D eigenvalue weighted by Crippen LogP contribution is -2.10. The first kappa shape index (κ1) is 7.61. The van der Waals surface area contributed by atoms with E-state index in [0.717, 1.165) is 29.9 Å². The molecule has 56 valence electrons. The Morgan fingerprint density at radius 3 is 2.70 bits per heavy atom. The molecular formula is C7H10ClNO. The molecule has 1 amide bonds. The van der Waals surface area contributed by atoms with Crippen LogP contribution in [0.25, 0.3) is 0 Å². The van der Waals surface area contributed by atoms with Crippen LogP contribution in [-0.4, -0.2) is 5.91 Å². The normalized spacial score (nSPS) is 18.1. The van der Waals surface area contributed by atoms with E-state index in [1.54, 1.807) is 0 Å². The summed E-state index contributed by atoms with van der Waals surface area (Å²) in [5.74, 6) is -0.282. The van der Waals surface area contributed by atoms with Crippen molar-refractivity contribution in [1.82, 2.24) is 0 Å². The summed E-state index contributed by atoms with van der Waals surface area (Å²) in [5.41, 5.74) is 6.04. The predicted octanol–water partition coefficient (Wildman–Crippen LogP) is 1.54. The standard InChI is InChI=1S/C7H10ClNO/c8-6-3-1-2-5(6)4-7(9)10/h1-4H2,(H2,9,10). The first-order valence-corrected chi connectivity index (χ1v) is 3.72. The van der Waals surface area contributed by atoms with E-state index in [0.29, 0.717) is 6.42 Å². The van der Waals surface area contributed by atoms with E-state index in [2.05, 4.69) is 0 Å². The molecule has 1 rings (SSSR count). The summed E-state index contributed by atoms with van der Waals surface area (Å²) in [6.45, 7) is 0. The fourth-order valence-corrected chi connectivity index (χ4v) is 1.46. The van der Waals surface area contributed by atoms with Crippen molar-refractivity contribution in [2.45, 2.75) is 25.7 Å². The largest absolute Gasteiger partial charge is 0.369 e. The van der Waals surface area contributed by atoms with Crippen LogP contribution in [0.3, 0.4) is 0 Å². The lowest BCUT2D eigenvalue weighted by atomic mass is 10.2. The first-order chi connectivity index (χ1) is 4.70. The molecule has 0 unspecified atom stereocenters. The van der Waals surface area contributed by atoms with Gasteiger partial charge in [-0.25, -0.2) is 0 Å². The number of primary amides is 1. The van der Waals surface area contributed by atoms with Crippen molar-refractivity contribution in [3.8, 4) is 0 Å². The van der Waals surface area contributed by atoms with Crippen LogP contribution in [0.15, 0.2) is 10.6 Å². The van der Waals surface area contributed by atoms with E-state index in [9.17, 15) is 4.79 Å². The third-order valence-electron chi connectivity index (χ3n) is 1.65. The highest BCUT2D eigenvalue weighted by molar-refractivity contribution is 6.30. The lowest BCUT2D eigenvalue weighted by Gasteiger charge is -1.96. The van der Waals surface area contributed by atoms with E-state index in [1.165, 1.54) is 0 Å². The third-order valence-corrected chi connectivity index (χ3v) is 2.10. The third kappa shape index (κ3) is 1.74. The Kier molecular flexibility index (Phi) is 2.33. The van der Waals surface area contributed by atoms with Gasteiger partial charge in [0.05, 0.1) is 0 Å². The number of amides is 1. The topological polar surface area (TPSA) is 43.1 Å². The van der Waals surface area contributed by atoms with Crippen LogP contribution in [-0.2, 0) is 4.79 Å². The van der Waals surface area contributed by atoms with E-state index in [-0.39, 0.29) is 5.91 Å². The molecule has 0 aliphatic heterocycles. The Balaban J connectivity index is 2.54. The van der Waals surface area contributed by atoms with E-state index >= 15 is 0 Å². The summed E-state index contributed by atoms with van der Waals surface area (Å²) in [5, 5.41) is 0.846. The van der Waals surface area contributed by atoms with Crippen LogP contribution in [0.2, 0.25) is 0 Å². The van der Waals surface area contributed by atoms with Crippen LogP contribution < -0.4 is 5.73 Å². The summed E-state index contributed by atoms with van der Waals surface area (Å²) in [4.78, 5) is 10.4. The SMILES string of the molecule is NC(=O)CC1=C(Cl)CCC1. The summed E-state index contributed by atoms with van der Waals surface area (Å²) in [6, 6.07) is 0. The van der Waals surface area contributed by atoms with E-state index in [4.69, 9.17) is 17.3 Å². The van der Waals surface area contributed by atoms with Gasteiger partial charge in [0.1, 0.15) is 0 Å². The Morgan fingerprint density at radius 2 is 2.30 bits per heavy atom. The zero-order chi connectivity index (χ0) is 7.56. The van der Waals surface area contributed by atoms with Crippen molar-refractivity contribution < 1.29 is 4.79 Å². The van der Waals surface area contributed by atoms with E-state index in [1.807, 2.05) is 0 Å². The van der Waals surface area contributed by atoms with Gasteiger partial charge < -0.3 is 5.73 Å². The van der Waals surface area contributed by atoms with Crippen molar-refractivity contribution in [1.29, 1.82) is 0 Å². The number of allylic oxidation sites excluding steroid dienone is 1. The molecule has 0 bridgehead atoms. The van der Waals surface area contributed by atoms with Crippen LogP contribution in [0.5, 0.6) is 0 Å². The second-order valence-corrected chi connectivity index (χ2v) is 2.96. The van der Waals surface area contributed by atoms with Gasteiger partial charge in [-0.1, -0.05) is 11.6 Å². The Hall–Kier alpha value is -0.500. The molecule has 0 atom stereocenters. The van der Waals surface area contributed by atoms with Gasteiger partial charge in [0.25, 0.3) is 0 Å². The average Bonchev–Trinajstić information content (AvgIpc) is 2.15. The summed E-state index contributed by atoms with van der Waals surface area (Å²) >= 11 is 5.79. The minimum atomic E-state index is -0.282. The predicted molar refractivity (Wildman–Crippen MR) is 40.5 cm³/mol. The van der Waals surface area contributed by atoms with Crippen LogP contribution in [0.4, 0.5) is 0 Å². The van der Waals surface area contributed by atoms with Crippen molar-refractivity contribution in [3.05, 3.63) is 10.6 Å². The van der Waals surface area contributed by atoms with Gasteiger partial charge >= 0.3 is 0 Å². The fraction of sp³-hybridized carbons (Fsp3) is 0.571. The molecule has 0 fully saturated rings. The lowest BCUT2D eigenvalue weighted by molar-refractivity contribution is -0.117. The van der Waals surface area contributed by atoms with Crippen molar-refractivity contribution in [3.63, 3.8) is 0 Å². The van der Waals surface area contributed by atoms with Gasteiger partial charge in [-0.2, -0.15) is 0 Å². The summed E-state index contributed by atoms with van der Waals surface area (Å²) in [6.07, 6.45) is 3.28. The number of rotatable bonds is 2. The maximum absolute atomic E-state index is 10.4. The van der Waals surface area contributed by atoms with Crippen LogP contribution >= 0.6 is 11.6 Å². The maximum atomic E-state index is 10.4. The van der Waals surface area contributed by atoms with Crippen molar-refractivity contribution in [2.75, 3.05) is 0 Å². The Morgan fingerprint density at radius 1 is 1.60 bits per heavy atom. The molecule has 2 N–H and O–H groups in total. The molecule has 0 aromatic rings. The molecule has 2 nitrogen and oxygen atoms in total. The smallest absolute Gasteiger partial charge is 0.221 e. The quantitative estimate of drug-likeness (QED) is 0.653. The Bertz CT molecular complexity index is 186. The molecule has 0 spiro atoms. The monoisotopic (exact) mass is 159 g/mol. The highest BCUT2D eigenvalue weighted by atomic mass is 35.5. The zero-order valence-electron chi connectivity index (χ0n) is 5.69. The van der Waals surface area contributed by atoms with Gasteiger partial charge in [0.2, 0.25) is 5.91 Å². The second kappa shape index (κ2) is 3.06. The molecule has 1 aliphatic carbocycles. The number of hydrogen-bond acceptors (Lipinski definition) is 1. The second-order valence-electron chi connectivity index (χ2n) is 2.51. The molecular weight excluding hydrogens is 150 g/mol. The Labute approximate surface area is 65.0 Å². The molecule has 1 aliphatic rings. The van der Waals surface area contributed by atoms with Gasteiger partial charge in [-0.15, -0.1) is 0 Å². The molecule has 0 aromatic carbocycles. The molecule has 3 heteroatoms. The number of nitrogens with two attached hydrogens (primary N) is 1. The minimum Gasteiger partial charge on any atom is -0.369 e. The number of carbonyl (C=O) groups is 1. The number of carbonyl (C=O) groups excluding carboxylic acids is 1. The van der Waals surface area contributed by atoms with E-state index < -0.39 is 0 Å². The van der Waals surface area contributed by atoms with Gasteiger partial charge in [0.15, 0.2) is 0 Å². The first-order valence-electron chi connectivity index (χ1n) is 3.35. The zero-order valence-corrected chi connectivity index (χ0v) is 6.45. The van der Waals surface area contributed by atoms with Gasteiger partial charge in [-0.05, 0) is 24.8 Å². The maximum Gasteiger partial charge on any atom is 0.221 e. The molecule has 0 saturated heterocycles. The molecule has 10 heavy (non-hydrogen) atoms. The molecule has 0 heterocycles. The highest BCUT2D eigenvalue weighted by Gasteiger charge is 2.13. The minimum absolute atomic E-state index is 0.282. The molecule has 0 aromatic heterocycles. The number of hydrogen-bond donors (Lipinski definition) is 1.